The first-order chi connectivity index (χ1) is 17.4. The maximum atomic E-state index is 12.9. The van der Waals surface area contributed by atoms with Crippen LogP contribution in [-0.4, -0.2) is 77.4 Å². The number of β-lactam (4-membered cyclic amide) rings is 1. The minimum atomic E-state index is -1.21. The van der Waals surface area contributed by atoms with Crippen molar-refractivity contribution in [2.75, 3.05) is 23.8 Å². The number of carbonyl (C=O) groups is 3. The molecule has 2 amide bonds. The van der Waals surface area contributed by atoms with Crippen molar-refractivity contribution in [2.45, 2.75) is 18.3 Å². The molecule has 1 fully saturated rings. The van der Waals surface area contributed by atoms with Gasteiger partial charge in [-0.05, 0) is 29.9 Å². The van der Waals surface area contributed by atoms with Crippen LogP contribution < -0.4 is 11.1 Å². The van der Waals surface area contributed by atoms with Crippen LogP contribution >= 0.6 is 35.1 Å². The molecule has 2 aliphatic heterocycles. The van der Waals surface area contributed by atoms with Crippen LogP contribution in [0.3, 0.4) is 0 Å². The van der Waals surface area contributed by atoms with E-state index in [1.54, 1.807) is 25.4 Å². The van der Waals surface area contributed by atoms with Gasteiger partial charge in [0.25, 0.3) is 11.8 Å². The number of carboxylic acid groups (broad SMARTS) is 1. The average Bonchev–Trinajstić information content (AvgIpc) is 3.31. The van der Waals surface area contributed by atoms with Gasteiger partial charge in [0.1, 0.15) is 23.7 Å². The van der Waals surface area contributed by atoms with Crippen molar-refractivity contribution in [3.8, 4) is 11.2 Å². The smallest absolute Gasteiger partial charge is 0.352 e. The number of fused-ring (bicyclic) bond motifs is 1. The summed E-state index contributed by atoms with van der Waals surface area (Å²) in [6.07, 6.45) is 3.28. The molecule has 4 heterocycles. The van der Waals surface area contributed by atoms with Crippen molar-refractivity contribution < 1.29 is 24.3 Å². The SMILES string of the molecule is CCO/N=C(/C(=O)NC1C(=O)N2C(C(=O)O)=C(CSC#Cc3cccnc3)CSC12)c1nsc(N)n1. The number of nitrogens with two attached hydrogens (primary N) is 1. The van der Waals surface area contributed by atoms with Gasteiger partial charge in [0.05, 0.1) is 0 Å². The summed E-state index contributed by atoms with van der Waals surface area (Å²) in [6.45, 7) is 1.89. The van der Waals surface area contributed by atoms with Gasteiger partial charge >= 0.3 is 5.97 Å². The van der Waals surface area contributed by atoms with Crippen LogP contribution in [0.25, 0.3) is 0 Å². The van der Waals surface area contributed by atoms with E-state index in [9.17, 15) is 19.5 Å². The number of nitrogens with zero attached hydrogens (tertiary/aromatic N) is 5. The maximum absolute atomic E-state index is 12.9. The van der Waals surface area contributed by atoms with E-state index >= 15 is 0 Å². The predicted molar refractivity (Wildman–Crippen MR) is 136 cm³/mol. The summed E-state index contributed by atoms with van der Waals surface area (Å²) >= 11 is 3.49. The molecule has 2 unspecified atom stereocenters. The number of pyridine rings is 1. The number of oxime groups is 1. The lowest BCUT2D eigenvalue weighted by Gasteiger charge is -2.49. The number of carboxylic acids is 1. The molecule has 2 aliphatic rings. The average molecular weight is 546 g/mol. The van der Waals surface area contributed by atoms with Crippen molar-refractivity contribution in [2.24, 2.45) is 5.16 Å². The van der Waals surface area contributed by atoms with Crippen LogP contribution in [-0.2, 0) is 19.2 Å². The van der Waals surface area contributed by atoms with Crippen LogP contribution in [0.2, 0.25) is 0 Å². The Hall–Kier alpha value is -3.61. The standard InChI is InChI=1S/C21H19N7O5S3/c1-2-33-26-13(16-25-21(22)36-27-16)17(29)24-14-18(30)28-15(20(31)32)12(10-35-19(14)28)9-34-7-5-11-4-3-6-23-8-11/h3-4,6,8,14,19H,2,9-10H2,1H3,(H,24,29)(H,31,32)(H2,22,25,27)/b26-13+. The van der Waals surface area contributed by atoms with Gasteiger partial charge in [0, 0.05) is 41.0 Å². The fourth-order valence-corrected chi connectivity index (χ4v) is 5.89. The first-order valence-corrected chi connectivity index (χ1v) is 13.2. The zero-order valence-corrected chi connectivity index (χ0v) is 21.2. The Balaban J connectivity index is 1.45. The third kappa shape index (κ3) is 5.45. The Labute approximate surface area is 217 Å². The lowest BCUT2D eigenvalue weighted by molar-refractivity contribution is -0.150. The summed E-state index contributed by atoms with van der Waals surface area (Å²) in [4.78, 5) is 52.0. The Bertz CT molecular complexity index is 1300. The Morgan fingerprint density at radius 2 is 2.31 bits per heavy atom. The summed E-state index contributed by atoms with van der Waals surface area (Å²) in [5.74, 6) is 1.13. The van der Waals surface area contributed by atoms with E-state index in [2.05, 4.69) is 36.0 Å². The van der Waals surface area contributed by atoms with E-state index in [-0.39, 0.29) is 29.0 Å². The summed E-state index contributed by atoms with van der Waals surface area (Å²) in [5.41, 5.74) is 6.62. The van der Waals surface area contributed by atoms with Crippen LogP contribution in [0, 0.1) is 11.2 Å². The summed E-state index contributed by atoms with van der Waals surface area (Å²) in [7, 11) is 0. The number of anilines is 1. The van der Waals surface area contributed by atoms with Crippen LogP contribution in [0.5, 0.6) is 0 Å². The monoisotopic (exact) mass is 545 g/mol. The first kappa shape index (κ1) is 25.5. The molecule has 0 saturated carbocycles. The maximum Gasteiger partial charge on any atom is 0.352 e. The van der Waals surface area contributed by atoms with E-state index in [1.807, 2.05) is 6.07 Å². The van der Waals surface area contributed by atoms with Crippen LogP contribution in [0.15, 0.2) is 41.0 Å². The quantitative estimate of drug-likeness (QED) is 0.185. The predicted octanol–water partition coefficient (Wildman–Crippen LogP) is 0.737. The zero-order valence-electron chi connectivity index (χ0n) is 18.7. The van der Waals surface area contributed by atoms with Gasteiger partial charge in [0.2, 0.25) is 11.5 Å². The molecule has 4 N–H and O–H groups in total. The van der Waals surface area contributed by atoms with Gasteiger partial charge in [-0.2, -0.15) is 9.36 Å². The number of amides is 2. The van der Waals surface area contributed by atoms with Crippen molar-refractivity contribution in [1.29, 1.82) is 0 Å². The molecule has 186 valence electrons. The van der Waals surface area contributed by atoms with Crippen LogP contribution in [0.4, 0.5) is 5.13 Å². The van der Waals surface area contributed by atoms with Crippen molar-refractivity contribution in [3.05, 3.63) is 47.2 Å². The largest absolute Gasteiger partial charge is 0.477 e. The number of aliphatic carboxylic acids is 1. The molecule has 4 rings (SSSR count). The van der Waals surface area contributed by atoms with E-state index in [1.165, 1.54) is 28.4 Å². The van der Waals surface area contributed by atoms with E-state index in [0.717, 1.165) is 17.1 Å². The molecule has 2 atom stereocenters. The van der Waals surface area contributed by atoms with Gasteiger partial charge in [-0.15, -0.1) is 11.8 Å². The molecule has 12 nitrogen and oxygen atoms in total. The summed E-state index contributed by atoms with van der Waals surface area (Å²) in [6, 6.07) is 2.65. The normalized spacial score (nSPS) is 19.1. The Morgan fingerprint density at radius 1 is 1.47 bits per heavy atom. The molecule has 2 aromatic rings. The molecule has 0 spiro atoms. The highest BCUT2D eigenvalue weighted by molar-refractivity contribution is 8.04. The first-order valence-electron chi connectivity index (χ1n) is 10.4. The van der Waals surface area contributed by atoms with Crippen molar-refractivity contribution >= 4 is 63.7 Å². The molecule has 0 bridgehead atoms. The number of aromatic nitrogens is 3. The van der Waals surface area contributed by atoms with Gasteiger partial charge in [-0.25, -0.2) is 4.79 Å². The zero-order chi connectivity index (χ0) is 25.7. The molecular formula is C21H19N7O5S3. The van der Waals surface area contributed by atoms with Crippen molar-refractivity contribution in [1.82, 2.24) is 24.6 Å². The summed E-state index contributed by atoms with van der Waals surface area (Å²) in [5, 5.41) is 18.7. The van der Waals surface area contributed by atoms with Gasteiger partial charge in [0.15, 0.2) is 5.13 Å². The van der Waals surface area contributed by atoms with Gasteiger partial charge in [-0.1, -0.05) is 22.8 Å². The van der Waals surface area contributed by atoms with Crippen LogP contribution in [0.1, 0.15) is 18.3 Å². The number of hydrogen-bond donors (Lipinski definition) is 3. The minimum Gasteiger partial charge on any atom is -0.477 e. The highest BCUT2D eigenvalue weighted by atomic mass is 32.2. The molecule has 0 aromatic carbocycles. The fourth-order valence-electron chi connectivity index (χ4n) is 3.30. The third-order valence-corrected chi connectivity index (χ3v) is 7.49. The molecule has 36 heavy (non-hydrogen) atoms. The molecule has 2 aromatic heterocycles. The highest BCUT2D eigenvalue weighted by Crippen LogP contribution is 2.41. The minimum absolute atomic E-state index is 0.0267. The fraction of sp³-hybridized carbons (Fsp3) is 0.286. The van der Waals surface area contributed by atoms with Crippen molar-refractivity contribution in [3.63, 3.8) is 0 Å². The lowest BCUT2D eigenvalue weighted by Crippen LogP contribution is -2.71. The lowest BCUT2D eigenvalue weighted by atomic mass is 10.0. The Morgan fingerprint density at radius 3 is 2.97 bits per heavy atom. The van der Waals surface area contributed by atoms with Gasteiger partial charge < -0.3 is 21.0 Å². The topological polar surface area (TPSA) is 173 Å². The molecule has 0 radical (unpaired) electrons. The number of nitrogens with one attached hydrogen (secondary N) is 1. The number of nitrogen functional groups attached to an aromatic ring is 1. The second-order valence-corrected chi connectivity index (χ2v) is 9.86. The Kier molecular flexibility index (Phi) is 8.08. The molecule has 15 heteroatoms. The van der Waals surface area contributed by atoms with E-state index < -0.39 is 29.2 Å². The number of thioether (sulfide) groups is 2. The number of carbonyl (C=O) groups excluding carboxylic acids is 2. The molecular weight excluding hydrogens is 526 g/mol. The van der Waals surface area contributed by atoms with E-state index in [0.29, 0.717) is 17.1 Å². The summed E-state index contributed by atoms with van der Waals surface area (Å²) < 4.78 is 3.97. The molecule has 0 aliphatic carbocycles. The number of rotatable bonds is 8. The van der Waals surface area contributed by atoms with Gasteiger partial charge in [-0.3, -0.25) is 19.5 Å². The highest BCUT2D eigenvalue weighted by Gasteiger charge is 2.54. The second-order valence-electron chi connectivity index (χ2n) is 7.19. The van der Waals surface area contributed by atoms with E-state index in [4.69, 9.17) is 10.6 Å². The number of hydrogen-bond acceptors (Lipinski definition) is 12. The third-order valence-electron chi connectivity index (χ3n) is 4.87. The molecule has 1 saturated heterocycles. The second kappa shape index (κ2) is 11.4.